The Morgan fingerprint density at radius 1 is 1.46 bits per heavy atom. The zero-order valence-corrected chi connectivity index (χ0v) is 7.28. The average Bonchev–Trinajstić information content (AvgIpc) is 2.15. The van der Waals surface area contributed by atoms with Crippen LogP contribution in [0.2, 0.25) is 0 Å². The fourth-order valence-electron chi connectivity index (χ4n) is 1.37. The number of nitrogens with zero attached hydrogens (tertiary/aromatic N) is 1. The first-order chi connectivity index (χ1) is 6.20. The number of anilines is 1. The summed E-state index contributed by atoms with van der Waals surface area (Å²) in [6.07, 6.45) is 1.66. The van der Waals surface area contributed by atoms with E-state index in [-0.39, 0.29) is 5.75 Å². The molecule has 1 aromatic heterocycles. The lowest BCUT2D eigenvalue weighted by atomic mass is 10.1. The van der Waals surface area contributed by atoms with E-state index in [0.29, 0.717) is 16.6 Å². The number of benzene rings is 1. The van der Waals surface area contributed by atoms with Crippen molar-refractivity contribution in [1.29, 1.82) is 0 Å². The molecular formula is C10H10N2O. The number of phenolic OH excluding ortho intramolecular Hbond substituents is 1. The second-order valence-corrected chi connectivity index (χ2v) is 3.03. The van der Waals surface area contributed by atoms with Crippen molar-refractivity contribution < 1.29 is 5.11 Å². The molecule has 0 atom stereocenters. The lowest BCUT2D eigenvalue weighted by Crippen LogP contribution is -1.93. The molecule has 0 amide bonds. The number of nitrogen functional groups attached to an aromatic ring is 1. The molecule has 0 saturated heterocycles. The highest BCUT2D eigenvalue weighted by Gasteiger charge is 2.06. The minimum atomic E-state index is 0.231. The van der Waals surface area contributed by atoms with E-state index in [0.717, 1.165) is 5.56 Å². The molecule has 2 rings (SSSR count). The molecule has 13 heavy (non-hydrogen) atoms. The van der Waals surface area contributed by atoms with Crippen LogP contribution in [0.3, 0.4) is 0 Å². The topological polar surface area (TPSA) is 59.1 Å². The third-order valence-corrected chi connectivity index (χ3v) is 2.12. The number of nitrogens with two attached hydrogens (primary N) is 1. The van der Waals surface area contributed by atoms with Gasteiger partial charge in [-0.15, -0.1) is 0 Å². The lowest BCUT2D eigenvalue weighted by Gasteiger charge is -2.05. The van der Waals surface area contributed by atoms with Crippen molar-refractivity contribution in [2.45, 2.75) is 6.92 Å². The van der Waals surface area contributed by atoms with Crippen LogP contribution in [0.1, 0.15) is 5.56 Å². The van der Waals surface area contributed by atoms with Crippen molar-refractivity contribution in [2.75, 3.05) is 5.73 Å². The predicted molar refractivity (Wildman–Crippen MR) is 52.6 cm³/mol. The van der Waals surface area contributed by atoms with Crippen molar-refractivity contribution >= 4 is 16.6 Å². The smallest absolute Gasteiger partial charge is 0.125 e. The quantitative estimate of drug-likeness (QED) is 0.473. The number of fused-ring (bicyclic) bond motifs is 1. The molecule has 3 N–H and O–H groups in total. The van der Waals surface area contributed by atoms with E-state index < -0.39 is 0 Å². The molecule has 0 aliphatic rings. The van der Waals surface area contributed by atoms with Gasteiger partial charge in [-0.3, -0.25) is 4.98 Å². The van der Waals surface area contributed by atoms with Gasteiger partial charge in [0, 0.05) is 11.6 Å². The molecule has 0 aliphatic carbocycles. The number of aryl methyl sites for hydroxylation is 1. The highest BCUT2D eigenvalue weighted by molar-refractivity contribution is 5.95. The fraction of sp³-hybridized carbons (Fsp3) is 0.100. The van der Waals surface area contributed by atoms with Crippen LogP contribution in [0.4, 0.5) is 5.69 Å². The summed E-state index contributed by atoms with van der Waals surface area (Å²) in [5.41, 5.74) is 7.96. The molecule has 0 unspecified atom stereocenters. The van der Waals surface area contributed by atoms with Gasteiger partial charge in [0.1, 0.15) is 5.75 Å². The maximum absolute atomic E-state index is 9.58. The lowest BCUT2D eigenvalue weighted by molar-refractivity contribution is 0.481. The Morgan fingerprint density at radius 2 is 2.23 bits per heavy atom. The van der Waals surface area contributed by atoms with Gasteiger partial charge in [-0.2, -0.15) is 0 Å². The van der Waals surface area contributed by atoms with E-state index in [1.54, 1.807) is 24.4 Å². The molecule has 0 spiro atoms. The summed E-state index contributed by atoms with van der Waals surface area (Å²) in [6, 6.07) is 5.23. The van der Waals surface area contributed by atoms with Crippen LogP contribution < -0.4 is 5.73 Å². The molecule has 0 radical (unpaired) electrons. The van der Waals surface area contributed by atoms with Gasteiger partial charge in [0.15, 0.2) is 0 Å². The predicted octanol–water partition coefficient (Wildman–Crippen LogP) is 1.83. The van der Waals surface area contributed by atoms with E-state index in [2.05, 4.69) is 4.98 Å². The summed E-state index contributed by atoms with van der Waals surface area (Å²) in [5.74, 6) is 0.231. The van der Waals surface area contributed by atoms with Crippen molar-refractivity contribution in [3.05, 3.63) is 30.0 Å². The van der Waals surface area contributed by atoms with Crippen LogP contribution in [0.25, 0.3) is 10.9 Å². The van der Waals surface area contributed by atoms with Crippen LogP contribution in [0, 0.1) is 6.92 Å². The van der Waals surface area contributed by atoms with Crippen molar-refractivity contribution in [2.24, 2.45) is 0 Å². The molecule has 3 heteroatoms. The van der Waals surface area contributed by atoms with Crippen LogP contribution in [0.15, 0.2) is 24.4 Å². The Bertz CT molecular complexity index is 466. The molecular weight excluding hydrogens is 164 g/mol. The Morgan fingerprint density at radius 3 is 3.00 bits per heavy atom. The average molecular weight is 174 g/mol. The van der Waals surface area contributed by atoms with E-state index in [9.17, 15) is 5.11 Å². The summed E-state index contributed by atoms with van der Waals surface area (Å²) in [5, 5.41) is 10.3. The third-order valence-electron chi connectivity index (χ3n) is 2.12. The second kappa shape index (κ2) is 2.62. The normalized spacial score (nSPS) is 10.5. The Kier molecular flexibility index (Phi) is 1.59. The Labute approximate surface area is 75.8 Å². The molecule has 66 valence electrons. The van der Waals surface area contributed by atoms with Crippen molar-refractivity contribution in [3.63, 3.8) is 0 Å². The van der Waals surface area contributed by atoms with Gasteiger partial charge in [-0.05, 0) is 30.7 Å². The zero-order chi connectivity index (χ0) is 9.42. The number of hydrogen-bond donors (Lipinski definition) is 2. The number of phenols is 1. The number of hydrogen-bond acceptors (Lipinski definition) is 3. The largest absolute Gasteiger partial charge is 0.507 e. The molecule has 0 saturated carbocycles. The monoisotopic (exact) mass is 174 g/mol. The fourth-order valence-corrected chi connectivity index (χ4v) is 1.37. The third kappa shape index (κ3) is 1.09. The molecule has 0 fully saturated rings. The van der Waals surface area contributed by atoms with Gasteiger partial charge in [0.05, 0.1) is 11.2 Å². The SMILES string of the molecule is Cc1cc(O)c2cccnc2c1N. The van der Waals surface area contributed by atoms with Crippen LogP contribution in [-0.2, 0) is 0 Å². The second-order valence-electron chi connectivity index (χ2n) is 3.03. The number of aromatic nitrogens is 1. The van der Waals surface area contributed by atoms with Crippen LogP contribution in [-0.4, -0.2) is 10.1 Å². The Balaban J connectivity index is 2.97. The van der Waals surface area contributed by atoms with E-state index in [1.165, 1.54) is 0 Å². The van der Waals surface area contributed by atoms with Crippen LogP contribution in [0.5, 0.6) is 5.75 Å². The van der Waals surface area contributed by atoms with E-state index in [1.807, 2.05) is 6.92 Å². The number of rotatable bonds is 0. The highest BCUT2D eigenvalue weighted by Crippen LogP contribution is 2.30. The summed E-state index contributed by atoms with van der Waals surface area (Å²) in [4.78, 5) is 4.12. The van der Waals surface area contributed by atoms with Crippen molar-refractivity contribution in [1.82, 2.24) is 4.98 Å². The molecule has 3 nitrogen and oxygen atoms in total. The minimum Gasteiger partial charge on any atom is -0.507 e. The number of aromatic hydroxyl groups is 1. The first-order valence-electron chi connectivity index (χ1n) is 4.03. The summed E-state index contributed by atoms with van der Waals surface area (Å²) in [6.45, 7) is 1.85. The molecule has 0 bridgehead atoms. The molecule has 0 aliphatic heterocycles. The summed E-state index contributed by atoms with van der Waals surface area (Å²) >= 11 is 0. The first kappa shape index (κ1) is 7.86. The van der Waals surface area contributed by atoms with Crippen LogP contribution >= 0.6 is 0 Å². The highest BCUT2D eigenvalue weighted by atomic mass is 16.3. The molecule has 1 aromatic carbocycles. The maximum Gasteiger partial charge on any atom is 0.125 e. The maximum atomic E-state index is 9.58. The summed E-state index contributed by atoms with van der Waals surface area (Å²) < 4.78 is 0. The zero-order valence-electron chi connectivity index (χ0n) is 7.28. The first-order valence-corrected chi connectivity index (χ1v) is 4.03. The van der Waals surface area contributed by atoms with E-state index >= 15 is 0 Å². The standard InChI is InChI=1S/C10H10N2O/c1-6-5-8(13)7-3-2-4-12-10(7)9(6)11/h2-5,13H,11H2,1H3. The Hall–Kier alpha value is -1.77. The molecule has 1 heterocycles. The van der Waals surface area contributed by atoms with Gasteiger partial charge in [-0.25, -0.2) is 0 Å². The van der Waals surface area contributed by atoms with Gasteiger partial charge < -0.3 is 10.8 Å². The summed E-state index contributed by atoms with van der Waals surface area (Å²) in [7, 11) is 0. The minimum absolute atomic E-state index is 0.231. The van der Waals surface area contributed by atoms with Gasteiger partial charge in [0.25, 0.3) is 0 Å². The molecule has 2 aromatic rings. The van der Waals surface area contributed by atoms with E-state index in [4.69, 9.17) is 5.73 Å². The number of pyridine rings is 1. The van der Waals surface area contributed by atoms with Gasteiger partial charge in [0.2, 0.25) is 0 Å². The van der Waals surface area contributed by atoms with Gasteiger partial charge in [-0.1, -0.05) is 0 Å². The van der Waals surface area contributed by atoms with Gasteiger partial charge >= 0.3 is 0 Å². The van der Waals surface area contributed by atoms with Crippen molar-refractivity contribution in [3.8, 4) is 5.75 Å².